The summed E-state index contributed by atoms with van der Waals surface area (Å²) in [5, 5.41) is 12.3. The second-order valence-corrected chi connectivity index (χ2v) is 7.34. The number of anilines is 1. The third-order valence-electron chi connectivity index (χ3n) is 5.14. The van der Waals surface area contributed by atoms with Crippen LogP contribution in [0.3, 0.4) is 0 Å². The zero-order valence-corrected chi connectivity index (χ0v) is 15.4. The molecule has 2 saturated heterocycles. The highest BCUT2D eigenvalue weighted by Crippen LogP contribution is 2.22. The minimum Gasteiger partial charge on any atom is -0.392 e. The number of likely N-dealkylation sites (tertiary alicyclic amines) is 2. The van der Waals surface area contributed by atoms with Crippen molar-refractivity contribution in [1.82, 2.24) is 14.8 Å². The van der Waals surface area contributed by atoms with E-state index in [2.05, 4.69) is 10.3 Å². The third kappa shape index (κ3) is 4.72. The van der Waals surface area contributed by atoms with E-state index in [9.17, 15) is 14.7 Å². The summed E-state index contributed by atoms with van der Waals surface area (Å²) in [5.74, 6) is 1.43. The number of carbonyl (C=O) groups is 2. The third-order valence-corrected chi connectivity index (χ3v) is 5.14. The fraction of sp³-hybridized carbons (Fsp3) is 0.632. The summed E-state index contributed by atoms with van der Waals surface area (Å²) in [5.41, 5.74) is 0.584. The van der Waals surface area contributed by atoms with Crippen molar-refractivity contribution < 1.29 is 14.7 Å². The van der Waals surface area contributed by atoms with Crippen molar-refractivity contribution >= 4 is 17.6 Å². The van der Waals surface area contributed by atoms with Crippen LogP contribution in [-0.4, -0.2) is 70.5 Å². The Morgan fingerprint density at radius 1 is 1.35 bits per heavy atom. The maximum absolute atomic E-state index is 12.6. The molecule has 2 N–H and O–H groups in total. The Balaban J connectivity index is 1.47. The molecule has 0 aromatic carbocycles. The van der Waals surface area contributed by atoms with Crippen molar-refractivity contribution in [2.24, 2.45) is 5.92 Å². The lowest BCUT2D eigenvalue weighted by Gasteiger charge is -2.34. The van der Waals surface area contributed by atoms with Crippen LogP contribution in [0.1, 0.15) is 43.0 Å². The minimum atomic E-state index is -0.449. The Morgan fingerprint density at radius 2 is 2.12 bits per heavy atom. The van der Waals surface area contributed by atoms with E-state index in [4.69, 9.17) is 0 Å². The first-order valence-corrected chi connectivity index (χ1v) is 9.48. The van der Waals surface area contributed by atoms with Gasteiger partial charge in [0.15, 0.2) is 0 Å². The monoisotopic (exact) mass is 360 g/mol. The van der Waals surface area contributed by atoms with Crippen molar-refractivity contribution in [2.75, 3.05) is 38.0 Å². The lowest BCUT2D eigenvalue weighted by atomic mass is 9.96. The SMILES string of the molecule is C[C@@H](O)CNc1ccc(C(=O)N2CCC(CN3CCCC3=O)CC2)cn1. The van der Waals surface area contributed by atoms with E-state index >= 15 is 0 Å². The van der Waals surface area contributed by atoms with Crippen LogP contribution in [0.5, 0.6) is 0 Å². The number of hydrogen-bond donors (Lipinski definition) is 2. The van der Waals surface area contributed by atoms with Crippen molar-refractivity contribution in [1.29, 1.82) is 0 Å². The van der Waals surface area contributed by atoms with Gasteiger partial charge in [0.25, 0.3) is 5.91 Å². The molecule has 3 rings (SSSR count). The van der Waals surface area contributed by atoms with E-state index in [1.54, 1.807) is 25.3 Å². The molecule has 2 aliphatic rings. The van der Waals surface area contributed by atoms with Gasteiger partial charge in [-0.05, 0) is 44.2 Å². The van der Waals surface area contributed by atoms with Crippen LogP contribution < -0.4 is 5.32 Å². The van der Waals surface area contributed by atoms with Crippen LogP contribution >= 0.6 is 0 Å². The minimum absolute atomic E-state index is 0.00951. The summed E-state index contributed by atoms with van der Waals surface area (Å²) in [7, 11) is 0. The van der Waals surface area contributed by atoms with Gasteiger partial charge in [0, 0.05) is 45.3 Å². The van der Waals surface area contributed by atoms with E-state index in [1.165, 1.54) is 0 Å². The number of piperidine rings is 1. The fourth-order valence-electron chi connectivity index (χ4n) is 3.59. The Kier molecular flexibility index (Phi) is 6.08. The van der Waals surface area contributed by atoms with Crippen LogP contribution in [0.2, 0.25) is 0 Å². The summed E-state index contributed by atoms with van der Waals surface area (Å²) >= 11 is 0. The van der Waals surface area contributed by atoms with Gasteiger partial charge in [0.1, 0.15) is 5.82 Å². The van der Waals surface area contributed by atoms with Gasteiger partial charge in [-0.25, -0.2) is 4.98 Å². The number of aliphatic hydroxyl groups excluding tert-OH is 1. The van der Waals surface area contributed by atoms with Gasteiger partial charge in [-0.1, -0.05) is 0 Å². The first-order valence-electron chi connectivity index (χ1n) is 9.48. The summed E-state index contributed by atoms with van der Waals surface area (Å²) in [6, 6.07) is 3.54. The summed E-state index contributed by atoms with van der Waals surface area (Å²) < 4.78 is 0. The van der Waals surface area contributed by atoms with Gasteiger partial charge in [0.2, 0.25) is 5.91 Å². The van der Waals surface area contributed by atoms with Crippen LogP contribution in [0.15, 0.2) is 18.3 Å². The molecule has 3 heterocycles. The van der Waals surface area contributed by atoms with Gasteiger partial charge in [0.05, 0.1) is 11.7 Å². The highest BCUT2D eigenvalue weighted by atomic mass is 16.3. The highest BCUT2D eigenvalue weighted by Gasteiger charge is 2.28. The van der Waals surface area contributed by atoms with E-state index in [-0.39, 0.29) is 11.8 Å². The zero-order valence-electron chi connectivity index (χ0n) is 15.4. The van der Waals surface area contributed by atoms with Crippen molar-refractivity contribution in [3.63, 3.8) is 0 Å². The molecule has 2 aliphatic heterocycles. The molecule has 1 aromatic rings. The Hall–Kier alpha value is -2.15. The normalized spacial score (nSPS) is 19.7. The number of hydrogen-bond acceptors (Lipinski definition) is 5. The maximum Gasteiger partial charge on any atom is 0.255 e. The van der Waals surface area contributed by atoms with Crippen LogP contribution in [-0.2, 0) is 4.79 Å². The molecule has 1 aromatic heterocycles. The van der Waals surface area contributed by atoms with Gasteiger partial charge in [-0.2, -0.15) is 0 Å². The first-order chi connectivity index (χ1) is 12.5. The summed E-state index contributed by atoms with van der Waals surface area (Å²) in [6.07, 6.45) is 4.68. The molecular weight excluding hydrogens is 332 g/mol. The number of rotatable bonds is 6. The molecule has 2 amide bonds. The smallest absolute Gasteiger partial charge is 0.255 e. The predicted octanol–water partition coefficient (Wildman–Crippen LogP) is 1.35. The standard InChI is InChI=1S/C19H28N4O3/c1-14(24)11-20-17-5-4-16(12-21-17)19(26)22-9-6-15(7-10-22)13-23-8-2-3-18(23)25/h4-5,12,14-15,24H,2-3,6-11,13H2,1H3,(H,20,21)/t14-/m1/s1. The predicted molar refractivity (Wildman–Crippen MR) is 98.8 cm³/mol. The lowest BCUT2D eigenvalue weighted by molar-refractivity contribution is -0.128. The highest BCUT2D eigenvalue weighted by molar-refractivity contribution is 5.94. The second kappa shape index (κ2) is 8.49. The van der Waals surface area contributed by atoms with Crippen LogP contribution in [0.25, 0.3) is 0 Å². The quantitative estimate of drug-likeness (QED) is 0.800. The molecule has 0 bridgehead atoms. The lowest BCUT2D eigenvalue weighted by Crippen LogP contribution is -2.41. The molecule has 2 fully saturated rings. The van der Waals surface area contributed by atoms with Crippen LogP contribution in [0, 0.1) is 5.92 Å². The molecule has 142 valence electrons. The molecule has 0 unspecified atom stereocenters. The number of carbonyl (C=O) groups excluding carboxylic acids is 2. The molecule has 7 heteroatoms. The Bertz CT molecular complexity index is 624. The molecule has 0 spiro atoms. The Labute approximate surface area is 154 Å². The molecule has 26 heavy (non-hydrogen) atoms. The molecule has 0 aliphatic carbocycles. The summed E-state index contributed by atoms with van der Waals surface area (Å²) in [6.45, 7) is 5.31. The molecule has 0 radical (unpaired) electrons. The maximum atomic E-state index is 12.6. The number of amides is 2. The number of nitrogens with one attached hydrogen (secondary N) is 1. The molecular formula is C19H28N4O3. The van der Waals surface area contributed by atoms with Crippen molar-refractivity contribution in [3.8, 4) is 0 Å². The second-order valence-electron chi connectivity index (χ2n) is 7.34. The summed E-state index contributed by atoms with van der Waals surface area (Å²) in [4.78, 5) is 32.5. The van der Waals surface area contributed by atoms with Gasteiger partial charge < -0.3 is 20.2 Å². The van der Waals surface area contributed by atoms with Crippen LogP contribution in [0.4, 0.5) is 5.82 Å². The van der Waals surface area contributed by atoms with E-state index in [0.717, 1.165) is 45.4 Å². The van der Waals surface area contributed by atoms with Gasteiger partial charge in [-0.15, -0.1) is 0 Å². The largest absolute Gasteiger partial charge is 0.392 e. The Morgan fingerprint density at radius 3 is 2.69 bits per heavy atom. The van der Waals surface area contributed by atoms with Gasteiger partial charge >= 0.3 is 0 Å². The number of pyridine rings is 1. The molecule has 7 nitrogen and oxygen atoms in total. The topological polar surface area (TPSA) is 85.8 Å². The fourth-order valence-corrected chi connectivity index (χ4v) is 3.59. The average Bonchev–Trinajstić information content (AvgIpc) is 3.05. The number of nitrogens with zero attached hydrogens (tertiary/aromatic N) is 3. The first kappa shape index (κ1) is 18.6. The van der Waals surface area contributed by atoms with Crippen molar-refractivity contribution in [2.45, 2.75) is 38.7 Å². The number of aliphatic hydroxyl groups is 1. The van der Waals surface area contributed by atoms with Gasteiger partial charge in [-0.3, -0.25) is 9.59 Å². The molecule has 1 atom stereocenters. The zero-order chi connectivity index (χ0) is 18.5. The van der Waals surface area contributed by atoms with Crippen molar-refractivity contribution in [3.05, 3.63) is 23.9 Å². The average molecular weight is 360 g/mol. The molecule has 0 saturated carbocycles. The van der Waals surface area contributed by atoms with E-state index < -0.39 is 6.10 Å². The van der Waals surface area contributed by atoms with E-state index in [0.29, 0.717) is 30.3 Å². The number of aromatic nitrogens is 1. The van der Waals surface area contributed by atoms with E-state index in [1.807, 2.05) is 9.80 Å².